The summed E-state index contributed by atoms with van der Waals surface area (Å²) in [5, 5.41) is 0.497. The Kier molecular flexibility index (Phi) is 6.86. The monoisotopic (exact) mass is 482 g/mol. The van der Waals surface area contributed by atoms with E-state index in [0.29, 0.717) is 24.0 Å². The minimum atomic E-state index is -3.66. The quantitative estimate of drug-likeness (QED) is 0.537. The molecule has 0 saturated carbocycles. The number of rotatable bonds is 6. The largest absolute Gasteiger partial charge is 0.348 e. The number of nitrogens with zero attached hydrogens (tertiary/aromatic N) is 4. The molecule has 1 saturated heterocycles. The highest BCUT2D eigenvalue weighted by Gasteiger charge is 2.31. The summed E-state index contributed by atoms with van der Waals surface area (Å²) in [5.41, 5.74) is 1.71. The highest BCUT2D eigenvalue weighted by Crippen LogP contribution is 2.27. The maximum atomic E-state index is 13.3. The number of carbonyl (C=O) groups is 1. The molecule has 2 aromatic carbocycles. The second-order valence-electron chi connectivity index (χ2n) is 8.79. The summed E-state index contributed by atoms with van der Waals surface area (Å²) in [4.78, 5) is 31.5. The summed E-state index contributed by atoms with van der Waals surface area (Å²) < 4.78 is 29.4. The first-order chi connectivity index (χ1) is 16.2. The normalized spacial score (nSPS) is 17.1. The van der Waals surface area contributed by atoms with Crippen molar-refractivity contribution >= 4 is 32.5 Å². The van der Waals surface area contributed by atoms with Gasteiger partial charge >= 0.3 is 5.69 Å². The van der Waals surface area contributed by atoms with Crippen molar-refractivity contribution in [2.45, 2.75) is 57.5 Å². The highest BCUT2D eigenvalue weighted by molar-refractivity contribution is 7.89. The van der Waals surface area contributed by atoms with Crippen molar-refractivity contribution in [1.82, 2.24) is 13.9 Å². The standard InChI is InChI=1S/C25H30N4O4S/c1-4-27(21-10-7-8-18(2)14-21)24(30)17-28-23-12-11-22(15-20(23)16-26-25(28)31)34(32,33)29-13-6-5-9-19(29)3/h7-8,10-12,14-16,19H,4-6,9,13,17H2,1-3H3/t19-/m0/s1. The average molecular weight is 483 g/mol. The number of anilines is 1. The van der Waals surface area contributed by atoms with E-state index in [1.165, 1.54) is 22.9 Å². The molecule has 1 aliphatic heterocycles. The van der Waals surface area contributed by atoms with Crippen LogP contribution in [0.4, 0.5) is 5.69 Å². The Hall–Kier alpha value is -3.04. The van der Waals surface area contributed by atoms with E-state index in [-0.39, 0.29) is 23.4 Å². The van der Waals surface area contributed by atoms with E-state index in [2.05, 4.69) is 4.98 Å². The molecule has 1 amide bonds. The number of likely N-dealkylation sites (N-methyl/N-ethyl adjacent to an activating group) is 1. The lowest BCUT2D eigenvalue weighted by atomic mass is 10.1. The molecule has 9 heteroatoms. The Morgan fingerprint density at radius 2 is 1.97 bits per heavy atom. The Morgan fingerprint density at radius 3 is 2.68 bits per heavy atom. The van der Waals surface area contributed by atoms with Gasteiger partial charge in [-0.3, -0.25) is 9.36 Å². The maximum Gasteiger partial charge on any atom is 0.348 e. The van der Waals surface area contributed by atoms with Crippen LogP contribution in [0.5, 0.6) is 0 Å². The average Bonchev–Trinajstić information content (AvgIpc) is 2.81. The van der Waals surface area contributed by atoms with Gasteiger partial charge < -0.3 is 4.90 Å². The first kappa shape index (κ1) is 24.1. The van der Waals surface area contributed by atoms with E-state index in [1.54, 1.807) is 15.3 Å². The lowest BCUT2D eigenvalue weighted by Gasteiger charge is -2.32. The molecule has 0 radical (unpaired) electrons. The van der Waals surface area contributed by atoms with Crippen molar-refractivity contribution < 1.29 is 13.2 Å². The number of sulfonamides is 1. The minimum absolute atomic E-state index is 0.0548. The molecular weight excluding hydrogens is 452 g/mol. The van der Waals surface area contributed by atoms with Gasteiger partial charge in [-0.05, 0) is 69.5 Å². The van der Waals surface area contributed by atoms with Crippen LogP contribution >= 0.6 is 0 Å². The van der Waals surface area contributed by atoms with E-state index < -0.39 is 15.7 Å². The molecule has 0 N–H and O–H groups in total. The summed E-state index contributed by atoms with van der Waals surface area (Å²) in [6, 6.07) is 12.2. The number of aryl methyl sites for hydroxylation is 1. The van der Waals surface area contributed by atoms with Crippen molar-refractivity contribution in [3.63, 3.8) is 0 Å². The molecule has 1 aromatic heterocycles. The summed E-state index contributed by atoms with van der Waals surface area (Å²) in [6.07, 6.45) is 4.07. The molecule has 34 heavy (non-hydrogen) atoms. The van der Waals surface area contributed by atoms with Gasteiger partial charge in [0.15, 0.2) is 0 Å². The third-order valence-corrected chi connectivity index (χ3v) is 8.42. The molecular formula is C25H30N4O4S. The molecule has 0 spiro atoms. The van der Waals surface area contributed by atoms with Gasteiger partial charge in [-0.15, -0.1) is 0 Å². The molecule has 180 valence electrons. The zero-order valence-electron chi connectivity index (χ0n) is 19.8. The molecule has 0 unspecified atom stereocenters. The highest BCUT2D eigenvalue weighted by atomic mass is 32.2. The number of benzene rings is 2. The maximum absolute atomic E-state index is 13.3. The Bertz CT molecular complexity index is 1380. The Morgan fingerprint density at radius 1 is 1.18 bits per heavy atom. The number of amides is 1. The van der Waals surface area contributed by atoms with E-state index >= 15 is 0 Å². The zero-order valence-corrected chi connectivity index (χ0v) is 20.6. The molecule has 1 atom stereocenters. The predicted octanol–water partition coefficient (Wildman–Crippen LogP) is 3.32. The van der Waals surface area contributed by atoms with Gasteiger partial charge in [-0.2, -0.15) is 4.31 Å². The predicted molar refractivity (Wildman–Crippen MR) is 132 cm³/mol. The molecule has 8 nitrogen and oxygen atoms in total. The van der Waals surface area contributed by atoms with Crippen LogP contribution in [0.3, 0.4) is 0 Å². The molecule has 2 heterocycles. The number of piperidine rings is 1. The van der Waals surface area contributed by atoms with Crippen LogP contribution in [-0.2, 0) is 21.4 Å². The fraction of sp³-hybridized carbons (Fsp3) is 0.400. The smallest absolute Gasteiger partial charge is 0.311 e. The molecule has 4 rings (SSSR count). The third kappa shape index (κ3) is 4.63. The first-order valence-electron chi connectivity index (χ1n) is 11.6. The summed E-state index contributed by atoms with van der Waals surface area (Å²) in [5.74, 6) is -0.247. The number of hydrogen-bond acceptors (Lipinski definition) is 5. The van der Waals surface area contributed by atoms with Gasteiger partial charge in [-0.25, -0.2) is 18.2 Å². The fourth-order valence-electron chi connectivity index (χ4n) is 4.58. The SMILES string of the molecule is CCN(C(=O)Cn1c(=O)ncc2cc(S(=O)(=O)N3CCCC[C@@H]3C)ccc21)c1cccc(C)c1. The number of carbonyl (C=O) groups excluding carboxylic acids is 1. The van der Waals surface area contributed by atoms with Gasteiger partial charge in [0.05, 0.1) is 10.4 Å². The van der Waals surface area contributed by atoms with Crippen molar-refractivity contribution in [3.05, 3.63) is 64.7 Å². The molecule has 0 bridgehead atoms. The van der Waals surface area contributed by atoms with Crippen molar-refractivity contribution in [3.8, 4) is 0 Å². The first-order valence-corrected chi connectivity index (χ1v) is 13.0. The lowest BCUT2D eigenvalue weighted by Crippen LogP contribution is -2.41. The number of aromatic nitrogens is 2. The molecule has 1 fully saturated rings. The van der Waals surface area contributed by atoms with E-state index in [1.807, 2.05) is 45.0 Å². The van der Waals surface area contributed by atoms with Crippen LogP contribution in [0.25, 0.3) is 10.9 Å². The van der Waals surface area contributed by atoms with Gasteiger partial charge in [0.1, 0.15) is 6.54 Å². The van der Waals surface area contributed by atoms with E-state index in [9.17, 15) is 18.0 Å². The lowest BCUT2D eigenvalue weighted by molar-refractivity contribution is -0.119. The van der Waals surface area contributed by atoms with Crippen molar-refractivity contribution in [1.29, 1.82) is 0 Å². The summed E-state index contributed by atoms with van der Waals surface area (Å²) >= 11 is 0. The van der Waals surface area contributed by atoms with Crippen LogP contribution in [0.2, 0.25) is 0 Å². The minimum Gasteiger partial charge on any atom is -0.311 e. The van der Waals surface area contributed by atoms with Gasteiger partial charge in [0.25, 0.3) is 0 Å². The van der Waals surface area contributed by atoms with E-state index in [4.69, 9.17) is 0 Å². The fourth-order valence-corrected chi connectivity index (χ4v) is 6.31. The zero-order chi connectivity index (χ0) is 24.5. The topological polar surface area (TPSA) is 92.6 Å². The molecule has 1 aliphatic rings. The van der Waals surface area contributed by atoms with Gasteiger partial charge in [-0.1, -0.05) is 18.6 Å². The van der Waals surface area contributed by atoms with Crippen LogP contribution in [0, 0.1) is 6.92 Å². The van der Waals surface area contributed by atoms with Crippen molar-refractivity contribution in [2.24, 2.45) is 0 Å². The second-order valence-corrected chi connectivity index (χ2v) is 10.7. The molecule has 0 aliphatic carbocycles. The van der Waals surface area contributed by atoms with E-state index in [0.717, 1.165) is 30.5 Å². The number of hydrogen-bond donors (Lipinski definition) is 0. The Balaban J connectivity index is 1.68. The van der Waals surface area contributed by atoms with Gasteiger partial charge in [0, 0.05) is 36.4 Å². The summed E-state index contributed by atoms with van der Waals surface area (Å²) in [6.45, 7) is 6.52. The van der Waals surface area contributed by atoms with Crippen LogP contribution in [-0.4, -0.2) is 47.3 Å². The molecule has 3 aromatic rings. The van der Waals surface area contributed by atoms with Crippen LogP contribution in [0.1, 0.15) is 38.7 Å². The summed E-state index contributed by atoms with van der Waals surface area (Å²) in [7, 11) is -3.66. The van der Waals surface area contributed by atoms with Crippen molar-refractivity contribution in [2.75, 3.05) is 18.0 Å². The van der Waals surface area contributed by atoms with Crippen LogP contribution in [0.15, 0.2) is 58.4 Å². The second kappa shape index (κ2) is 9.68. The Labute approximate surface area is 199 Å². The van der Waals surface area contributed by atoms with Gasteiger partial charge in [0.2, 0.25) is 15.9 Å². The number of fused-ring (bicyclic) bond motifs is 1. The third-order valence-electron chi connectivity index (χ3n) is 6.41. The van der Waals surface area contributed by atoms with Crippen LogP contribution < -0.4 is 10.6 Å².